The van der Waals surface area contributed by atoms with Crippen LogP contribution in [0.25, 0.3) is 21.8 Å². The van der Waals surface area contributed by atoms with Gasteiger partial charge in [0.15, 0.2) is 11.6 Å². The molecule has 0 atom stereocenters. The van der Waals surface area contributed by atoms with Crippen LogP contribution in [0.2, 0.25) is 0 Å². The summed E-state index contributed by atoms with van der Waals surface area (Å²) in [5, 5.41) is 4.18. The minimum Gasteiger partial charge on any atom is -0.461 e. The predicted molar refractivity (Wildman–Crippen MR) is 74.1 cm³/mol. The Labute approximate surface area is 109 Å². The highest BCUT2D eigenvalue weighted by Gasteiger charge is 2.14. The molecule has 0 unspecified atom stereocenters. The van der Waals surface area contributed by atoms with Crippen molar-refractivity contribution in [1.82, 2.24) is 9.97 Å². The summed E-state index contributed by atoms with van der Waals surface area (Å²) in [6, 6.07) is 4.02. The Morgan fingerprint density at radius 3 is 2.78 bits per heavy atom. The van der Waals surface area contributed by atoms with Crippen LogP contribution in [0.3, 0.4) is 0 Å². The van der Waals surface area contributed by atoms with E-state index >= 15 is 0 Å². The lowest BCUT2D eigenvalue weighted by molar-refractivity contribution is 0.576. The molecule has 92 valence electrons. The Kier molecular flexibility index (Phi) is 2.56. The van der Waals surface area contributed by atoms with Crippen molar-refractivity contribution in [3.8, 4) is 11.6 Å². The third-order valence-electron chi connectivity index (χ3n) is 2.82. The van der Waals surface area contributed by atoms with Gasteiger partial charge in [0.2, 0.25) is 0 Å². The first-order valence-electron chi connectivity index (χ1n) is 5.69. The molecule has 18 heavy (non-hydrogen) atoms. The number of hydrogen-bond donors (Lipinski definition) is 1. The molecular weight excluding hydrogens is 246 g/mol. The summed E-state index contributed by atoms with van der Waals surface area (Å²) in [6.07, 6.45) is 1.66. The second-order valence-electron chi connectivity index (χ2n) is 4.15. The first-order chi connectivity index (χ1) is 8.69. The van der Waals surface area contributed by atoms with Crippen LogP contribution in [0, 0.1) is 13.8 Å². The molecule has 0 aliphatic carbocycles. The van der Waals surface area contributed by atoms with Gasteiger partial charge in [-0.15, -0.1) is 11.3 Å². The third kappa shape index (κ3) is 1.67. The number of aryl methyl sites for hydroxylation is 2. The van der Waals surface area contributed by atoms with Crippen LogP contribution in [-0.2, 0) is 0 Å². The zero-order valence-corrected chi connectivity index (χ0v) is 11.3. The van der Waals surface area contributed by atoms with Gasteiger partial charge in [0.1, 0.15) is 10.6 Å². The molecule has 0 aliphatic rings. The Bertz CT molecular complexity index is 714. The molecule has 0 radical (unpaired) electrons. The first kappa shape index (κ1) is 11.2. The molecule has 3 aromatic heterocycles. The summed E-state index contributed by atoms with van der Waals surface area (Å²) < 4.78 is 5.46. The summed E-state index contributed by atoms with van der Waals surface area (Å²) in [5.41, 5.74) is 1.05. The van der Waals surface area contributed by atoms with Gasteiger partial charge in [-0.1, -0.05) is 0 Å². The molecule has 3 heterocycles. The van der Waals surface area contributed by atoms with E-state index in [-0.39, 0.29) is 0 Å². The fraction of sp³-hybridized carbons (Fsp3) is 0.231. The Morgan fingerprint density at radius 1 is 1.28 bits per heavy atom. The highest BCUT2D eigenvalue weighted by atomic mass is 32.1. The van der Waals surface area contributed by atoms with E-state index in [1.807, 2.05) is 20.0 Å². The van der Waals surface area contributed by atoms with Gasteiger partial charge in [0.05, 0.1) is 11.6 Å². The van der Waals surface area contributed by atoms with E-state index in [4.69, 9.17) is 4.42 Å². The molecule has 5 heteroatoms. The molecule has 0 aromatic carbocycles. The van der Waals surface area contributed by atoms with Crippen molar-refractivity contribution in [2.75, 3.05) is 12.4 Å². The number of thiophene rings is 1. The number of furan rings is 1. The fourth-order valence-electron chi connectivity index (χ4n) is 1.94. The lowest BCUT2D eigenvalue weighted by atomic mass is 10.2. The molecule has 0 saturated carbocycles. The van der Waals surface area contributed by atoms with E-state index in [2.05, 4.69) is 28.3 Å². The van der Waals surface area contributed by atoms with Gasteiger partial charge in [0, 0.05) is 11.9 Å². The van der Waals surface area contributed by atoms with Crippen LogP contribution in [0.5, 0.6) is 0 Å². The maximum absolute atomic E-state index is 5.46. The largest absolute Gasteiger partial charge is 0.461 e. The maximum atomic E-state index is 5.46. The lowest BCUT2D eigenvalue weighted by Gasteiger charge is -2.04. The van der Waals surface area contributed by atoms with Gasteiger partial charge in [-0.25, -0.2) is 9.97 Å². The number of fused-ring (bicyclic) bond motifs is 1. The Balaban J connectivity index is 2.28. The first-order valence-corrected chi connectivity index (χ1v) is 6.51. The summed E-state index contributed by atoms with van der Waals surface area (Å²) in [7, 11) is 1.87. The van der Waals surface area contributed by atoms with Crippen LogP contribution >= 0.6 is 11.3 Å². The molecule has 1 N–H and O–H groups in total. The van der Waals surface area contributed by atoms with E-state index in [9.17, 15) is 0 Å². The monoisotopic (exact) mass is 259 g/mol. The van der Waals surface area contributed by atoms with Crippen LogP contribution in [0.1, 0.15) is 10.4 Å². The van der Waals surface area contributed by atoms with Crippen molar-refractivity contribution in [2.45, 2.75) is 13.8 Å². The molecule has 0 spiro atoms. The summed E-state index contributed by atoms with van der Waals surface area (Å²) in [4.78, 5) is 11.3. The minimum atomic E-state index is 0.635. The molecule has 4 nitrogen and oxygen atoms in total. The van der Waals surface area contributed by atoms with Crippen molar-refractivity contribution < 1.29 is 4.42 Å². The molecule has 3 aromatic rings. The van der Waals surface area contributed by atoms with Crippen LogP contribution in [-0.4, -0.2) is 17.0 Å². The van der Waals surface area contributed by atoms with Gasteiger partial charge in [-0.05, 0) is 31.5 Å². The summed E-state index contributed by atoms with van der Waals surface area (Å²) >= 11 is 1.67. The highest BCUT2D eigenvalue weighted by molar-refractivity contribution is 7.18. The SMILES string of the molecule is CNc1nc(-c2occc2C)nc2sc(C)cc12. The minimum absolute atomic E-state index is 0.635. The van der Waals surface area contributed by atoms with Crippen LogP contribution in [0.4, 0.5) is 5.82 Å². The average Bonchev–Trinajstić information content (AvgIpc) is 2.92. The zero-order chi connectivity index (χ0) is 12.7. The fourth-order valence-corrected chi connectivity index (χ4v) is 2.82. The van der Waals surface area contributed by atoms with Crippen molar-refractivity contribution in [2.24, 2.45) is 0 Å². The zero-order valence-electron chi connectivity index (χ0n) is 10.4. The second-order valence-corrected chi connectivity index (χ2v) is 5.39. The van der Waals surface area contributed by atoms with Gasteiger partial charge in [-0.3, -0.25) is 0 Å². The van der Waals surface area contributed by atoms with Crippen LogP contribution < -0.4 is 5.32 Å². The maximum Gasteiger partial charge on any atom is 0.199 e. The van der Waals surface area contributed by atoms with E-state index in [1.165, 1.54) is 4.88 Å². The van der Waals surface area contributed by atoms with Crippen molar-refractivity contribution in [3.63, 3.8) is 0 Å². The molecule has 0 fully saturated rings. The van der Waals surface area contributed by atoms with Crippen molar-refractivity contribution >= 4 is 27.4 Å². The molecule has 3 rings (SSSR count). The number of nitrogens with zero attached hydrogens (tertiary/aromatic N) is 2. The van der Waals surface area contributed by atoms with Crippen molar-refractivity contribution in [3.05, 3.63) is 28.8 Å². The Morgan fingerprint density at radius 2 is 2.11 bits per heavy atom. The van der Waals surface area contributed by atoms with Crippen LogP contribution in [0.15, 0.2) is 22.8 Å². The number of hydrogen-bond acceptors (Lipinski definition) is 5. The molecule has 0 bridgehead atoms. The summed E-state index contributed by atoms with van der Waals surface area (Å²) in [6.45, 7) is 4.06. The third-order valence-corrected chi connectivity index (χ3v) is 3.76. The second kappa shape index (κ2) is 4.10. The smallest absolute Gasteiger partial charge is 0.199 e. The summed E-state index contributed by atoms with van der Waals surface area (Å²) in [5.74, 6) is 2.21. The average molecular weight is 259 g/mol. The van der Waals surface area contributed by atoms with E-state index in [0.29, 0.717) is 5.82 Å². The quantitative estimate of drug-likeness (QED) is 0.763. The number of aromatic nitrogens is 2. The molecular formula is C13H13N3OS. The van der Waals surface area contributed by atoms with Gasteiger partial charge in [-0.2, -0.15) is 0 Å². The lowest BCUT2D eigenvalue weighted by Crippen LogP contribution is -1.97. The normalized spacial score (nSPS) is 11.1. The number of nitrogens with one attached hydrogen (secondary N) is 1. The number of rotatable bonds is 2. The van der Waals surface area contributed by atoms with Gasteiger partial charge < -0.3 is 9.73 Å². The van der Waals surface area contributed by atoms with Crippen molar-refractivity contribution in [1.29, 1.82) is 0 Å². The highest BCUT2D eigenvalue weighted by Crippen LogP contribution is 2.31. The van der Waals surface area contributed by atoms with E-state index in [0.717, 1.165) is 27.4 Å². The van der Waals surface area contributed by atoms with Gasteiger partial charge >= 0.3 is 0 Å². The number of anilines is 1. The predicted octanol–water partition coefficient (Wildman–Crippen LogP) is 3.61. The van der Waals surface area contributed by atoms with Gasteiger partial charge in [0.25, 0.3) is 0 Å². The van der Waals surface area contributed by atoms with E-state index < -0.39 is 0 Å². The molecule has 0 aliphatic heterocycles. The standard InChI is InChI=1S/C13H13N3OS/c1-7-4-5-17-10(7)12-15-11(14-3)9-6-8(2)18-13(9)16-12/h4-6H,1-3H3,(H,14,15,16). The molecule has 0 saturated heterocycles. The topological polar surface area (TPSA) is 51.0 Å². The Hall–Kier alpha value is -1.88. The molecule has 0 amide bonds. The van der Waals surface area contributed by atoms with E-state index in [1.54, 1.807) is 17.6 Å².